The summed E-state index contributed by atoms with van der Waals surface area (Å²) in [5, 5.41) is 9.00. The fraction of sp³-hybridized carbons (Fsp3) is 0.0870. The van der Waals surface area contributed by atoms with E-state index in [-0.39, 0.29) is 12.5 Å². The first kappa shape index (κ1) is 21.1. The number of para-hydroxylation sites is 1. The summed E-state index contributed by atoms with van der Waals surface area (Å²) in [5.74, 6) is 1.19. The van der Waals surface area contributed by atoms with Crippen LogP contribution in [0.15, 0.2) is 90.9 Å². The molecule has 1 fully saturated rings. The van der Waals surface area contributed by atoms with Gasteiger partial charge in [-0.05, 0) is 53.7 Å². The third-order valence-corrected chi connectivity index (χ3v) is 5.90. The Labute approximate surface area is 192 Å². The standard InChI is InChI=1S/C23H18BrN3O3S/c1-29-20-10-3-2-7-17(20)13-21-22(28)27(15-19-9-5-11-30-19)23(31-21)26-25-14-16-6-4-8-18(24)12-16/h2-14H,15H2,1H3/b21-13-,25-14-,26-23+. The van der Waals surface area contributed by atoms with E-state index in [9.17, 15) is 4.79 Å². The van der Waals surface area contributed by atoms with Crippen LogP contribution in [0.5, 0.6) is 5.75 Å². The van der Waals surface area contributed by atoms with Crippen molar-refractivity contribution in [2.75, 3.05) is 7.11 Å². The molecular formula is C23H18BrN3O3S. The molecule has 0 aliphatic carbocycles. The van der Waals surface area contributed by atoms with Crippen LogP contribution in [-0.4, -0.2) is 29.3 Å². The predicted molar refractivity (Wildman–Crippen MR) is 127 cm³/mol. The first-order valence-corrected chi connectivity index (χ1v) is 11.0. The van der Waals surface area contributed by atoms with Gasteiger partial charge < -0.3 is 9.15 Å². The van der Waals surface area contributed by atoms with Gasteiger partial charge in [0.15, 0.2) is 5.17 Å². The second-order valence-corrected chi connectivity index (χ2v) is 8.43. The molecule has 31 heavy (non-hydrogen) atoms. The van der Waals surface area contributed by atoms with E-state index in [2.05, 4.69) is 26.1 Å². The van der Waals surface area contributed by atoms with Gasteiger partial charge in [-0.3, -0.25) is 9.69 Å². The van der Waals surface area contributed by atoms with Crippen molar-refractivity contribution < 1.29 is 13.9 Å². The molecule has 1 aromatic heterocycles. The lowest BCUT2D eigenvalue weighted by molar-refractivity contribution is -0.122. The molecule has 8 heteroatoms. The highest BCUT2D eigenvalue weighted by molar-refractivity contribution is 9.10. The SMILES string of the molecule is COc1ccccc1/C=C1\S/C(=N/N=C\c2cccc(Br)c2)N(Cc2ccco2)C1=O. The maximum absolute atomic E-state index is 13.1. The zero-order valence-electron chi connectivity index (χ0n) is 16.6. The van der Waals surface area contributed by atoms with Crippen molar-refractivity contribution in [1.29, 1.82) is 0 Å². The average Bonchev–Trinajstić information content (AvgIpc) is 3.39. The van der Waals surface area contributed by atoms with Crippen LogP contribution in [0.25, 0.3) is 6.08 Å². The molecule has 1 aliphatic heterocycles. The Morgan fingerprint density at radius 1 is 1.16 bits per heavy atom. The van der Waals surface area contributed by atoms with Crippen LogP contribution in [0, 0.1) is 0 Å². The highest BCUT2D eigenvalue weighted by Gasteiger charge is 2.34. The van der Waals surface area contributed by atoms with Gasteiger partial charge in [0, 0.05) is 10.0 Å². The maximum Gasteiger partial charge on any atom is 0.267 e. The summed E-state index contributed by atoms with van der Waals surface area (Å²) >= 11 is 4.71. The van der Waals surface area contributed by atoms with E-state index < -0.39 is 0 Å². The van der Waals surface area contributed by atoms with Crippen molar-refractivity contribution in [2.24, 2.45) is 10.2 Å². The summed E-state index contributed by atoms with van der Waals surface area (Å²) in [6, 6.07) is 18.9. The number of furan rings is 1. The second-order valence-electron chi connectivity index (χ2n) is 6.51. The molecule has 0 N–H and O–H groups in total. The summed E-state index contributed by atoms with van der Waals surface area (Å²) in [5.41, 5.74) is 1.72. The minimum Gasteiger partial charge on any atom is -0.496 e. The predicted octanol–water partition coefficient (Wildman–Crippen LogP) is 5.56. The lowest BCUT2D eigenvalue weighted by Gasteiger charge is -2.12. The summed E-state index contributed by atoms with van der Waals surface area (Å²) in [6.45, 7) is 0.271. The monoisotopic (exact) mass is 495 g/mol. The van der Waals surface area contributed by atoms with Crippen LogP contribution in [0.4, 0.5) is 0 Å². The lowest BCUT2D eigenvalue weighted by atomic mass is 10.2. The highest BCUT2D eigenvalue weighted by Crippen LogP contribution is 2.35. The number of rotatable bonds is 6. The first-order chi connectivity index (χ1) is 15.1. The molecule has 2 heterocycles. The normalized spacial score (nSPS) is 16.7. The van der Waals surface area contributed by atoms with E-state index in [4.69, 9.17) is 9.15 Å². The van der Waals surface area contributed by atoms with E-state index in [0.29, 0.717) is 21.6 Å². The van der Waals surface area contributed by atoms with E-state index in [0.717, 1.165) is 15.6 Å². The second kappa shape index (κ2) is 9.80. The van der Waals surface area contributed by atoms with Crippen LogP contribution in [0.1, 0.15) is 16.9 Å². The highest BCUT2D eigenvalue weighted by atomic mass is 79.9. The molecule has 1 aliphatic rings. The number of methoxy groups -OCH3 is 1. The number of hydrogen-bond acceptors (Lipinski definition) is 6. The van der Waals surface area contributed by atoms with Gasteiger partial charge in [-0.1, -0.05) is 46.3 Å². The van der Waals surface area contributed by atoms with Crippen LogP contribution in [0.2, 0.25) is 0 Å². The molecule has 4 rings (SSSR count). The summed E-state index contributed by atoms with van der Waals surface area (Å²) in [7, 11) is 1.60. The van der Waals surface area contributed by atoms with E-state index in [1.807, 2.05) is 60.7 Å². The molecule has 0 saturated carbocycles. The molecule has 0 atom stereocenters. The summed E-state index contributed by atoms with van der Waals surface area (Å²) in [4.78, 5) is 15.2. The first-order valence-electron chi connectivity index (χ1n) is 9.37. The van der Waals surface area contributed by atoms with Crippen LogP contribution < -0.4 is 4.74 Å². The van der Waals surface area contributed by atoms with E-state index >= 15 is 0 Å². The number of amides is 1. The average molecular weight is 496 g/mol. The number of carbonyl (C=O) groups excluding carboxylic acids is 1. The number of halogens is 1. The molecule has 0 bridgehead atoms. The molecule has 0 spiro atoms. The van der Waals surface area contributed by atoms with Crippen LogP contribution >= 0.6 is 27.7 Å². The van der Waals surface area contributed by atoms with Gasteiger partial charge in [0.2, 0.25) is 0 Å². The largest absolute Gasteiger partial charge is 0.496 e. The van der Waals surface area contributed by atoms with Gasteiger partial charge in [-0.25, -0.2) is 0 Å². The molecule has 2 aromatic carbocycles. The van der Waals surface area contributed by atoms with Crippen molar-refractivity contribution in [3.8, 4) is 5.75 Å². The number of nitrogens with zero attached hydrogens (tertiary/aromatic N) is 3. The molecule has 1 amide bonds. The summed E-state index contributed by atoms with van der Waals surface area (Å²) < 4.78 is 11.8. The summed E-state index contributed by atoms with van der Waals surface area (Å²) in [6.07, 6.45) is 5.04. The number of hydrogen-bond donors (Lipinski definition) is 0. The quantitative estimate of drug-likeness (QED) is 0.255. The Bertz CT molecular complexity index is 1170. The molecule has 0 radical (unpaired) electrons. The third-order valence-electron chi connectivity index (χ3n) is 4.41. The molecule has 3 aromatic rings. The number of carbonyl (C=O) groups is 1. The Hall–Kier alpha value is -3.10. The Balaban J connectivity index is 1.64. The van der Waals surface area contributed by atoms with Crippen molar-refractivity contribution in [1.82, 2.24) is 4.90 Å². The number of benzene rings is 2. The van der Waals surface area contributed by atoms with Crippen molar-refractivity contribution in [3.63, 3.8) is 0 Å². The van der Waals surface area contributed by atoms with Gasteiger partial charge in [0.25, 0.3) is 5.91 Å². The van der Waals surface area contributed by atoms with Gasteiger partial charge in [-0.15, -0.1) is 5.10 Å². The van der Waals surface area contributed by atoms with E-state index in [1.165, 1.54) is 11.8 Å². The molecular weight excluding hydrogens is 478 g/mol. The number of ether oxygens (including phenoxy) is 1. The minimum absolute atomic E-state index is 0.163. The number of amidine groups is 1. The number of thioether (sulfide) groups is 1. The van der Waals surface area contributed by atoms with Crippen LogP contribution in [-0.2, 0) is 11.3 Å². The van der Waals surface area contributed by atoms with Gasteiger partial charge in [0.05, 0.1) is 31.0 Å². The van der Waals surface area contributed by atoms with E-state index in [1.54, 1.807) is 30.6 Å². The molecule has 156 valence electrons. The Morgan fingerprint density at radius 2 is 2.03 bits per heavy atom. The molecule has 0 unspecified atom stereocenters. The van der Waals surface area contributed by atoms with Gasteiger partial charge in [-0.2, -0.15) is 5.10 Å². The van der Waals surface area contributed by atoms with Gasteiger partial charge in [0.1, 0.15) is 11.5 Å². The Morgan fingerprint density at radius 3 is 2.81 bits per heavy atom. The zero-order chi connectivity index (χ0) is 21.6. The fourth-order valence-electron chi connectivity index (χ4n) is 2.94. The van der Waals surface area contributed by atoms with Crippen molar-refractivity contribution >= 4 is 51.1 Å². The van der Waals surface area contributed by atoms with Crippen LogP contribution in [0.3, 0.4) is 0 Å². The molecule has 6 nitrogen and oxygen atoms in total. The Kier molecular flexibility index (Phi) is 6.69. The minimum atomic E-state index is -0.163. The lowest BCUT2D eigenvalue weighted by Crippen LogP contribution is -2.28. The molecule has 1 saturated heterocycles. The zero-order valence-corrected chi connectivity index (χ0v) is 19.0. The van der Waals surface area contributed by atoms with Gasteiger partial charge >= 0.3 is 0 Å². The fourth-order valence-corrected chi connectivity index (χ4v) is 4.28. The third kappa shape index (κ3) is 5.15. The smallest absolute Gasteiger partial charge is 0.267 e. The topological polar surface area (TPSA) is 67.4 Å². The van der Waals surface area contributed by atoms with Crippen molar-refractivity contribution in [2.45, 2.75) is 6.54 Å². The van der Waals surface area contributed by atoms with Crippen molar-refractivity contribution in [3.05, 3.63) is 93.2 Å². The maximum atomic E-state index is 13.1.